The third-order valence-electron chi connectivity index (χ3n) is 4.67. The van der Waals surface area contributed by atoms with E-state index in [1.54, 1.807) is 39.5 Å². The second-order valence-electron chi connectivity index (χ2n) is 7.31. The zero-order chi connectivity index (χ0) is 21.7. The van der Waals surface area contributed by atoms with E-state index in [0.29, 0.717) is 34.4 Å². The first kappa shape index (κ1) is 21.2. The first-order valence-corrected chi connectivity index (χ1v) is 9.71. The van der Waals surface area contributed by atoms with E-state index in [4.69, 9.17) is 14.2 Å². The van der Waals surface area contributed by atoms with Gasteiger partial charge in [0.2, 0.25) is 0 Å². The Morgan fingerprint density at radius 2 is 1.57 bits per heavy atom. The van der Waals surface area contributed by atoms with Crippen molar-refractivity contribution in [2.45, 2.75) is 20.3 Å². The molecule has 7 heteroatoms. The van der Waals surface area contributed by atoms with Crippen LogP contribution in [0, 0.1) is 5.92 Å². The van der Waals surface area contributed by atoms with Crippen LogP contribution in [-0.2, 0) is 6.42 Å². The van der Waals surface area contributed by atoms with Crippen molar-refractivity contribution < 1.29 is 19.0 Å². The topological polar surface area (TPSA) is 85.5 Å². The SMILES string of the molecule is COc1ccc(-c2n[nH]c(CC(C)C)c2NC(=O)c2cc(OC)cc(OC)c2)cc1. The molecule has 0 aliphatic carbocycles. The van der Waals surface area contributed by atoms with Crippen molar-refractivity contribution in [3.8, 4) is 28.5 Å². The molecular formula is C23H27N3O4. The lowest BCUT2D eigenvalue weighted by atomic mass is 10.0. The molecule has 0 atom stereocenters. The van der Waals surface area contributed by atoms with E-state index in [9.17, 15) is 4.79 Å². The van der Waals surface area contributed by atoms with E-state index >= 15 is 0 Å². The lowest BCUT2D eigenvalue weighted by molar-refractivity contribution is 0.102. The van der Waals surface area contributed by atoms with E-state index in [1.165, 1.54) is 0 Å². The number of anilines is 1. The molecule has 0 aliphatic rings. The zero-order valence-corrected chi connectivity index (χ0v) is 17.9. The van der Waals surface area contributed by atoms with Crippen molar-refractivity contribution in [1.29, 1.82) is 0 Å². The normalized spacial score (nSPS) is 10.7. The number of nitrogens with one attached hydrogen (secondary N) is 2. The fourth-order valence-corrected chi connectivity index (χ4v) is 3.15. The number of methoxy groups -OCH3 is 3. The minimum atomic E-state index is -0.270. The molecule has 1 heterocycles. The van der Waals surface area contributed by atoms with Gasteiger partial charge in [-0.3, -0.25) is 9.89 Å². The standard InChI is InChI=1S/C23H27N3O4/c1-14(2)10-20-22(21(26-25-20)15-6-8-17(28-3)9-7-15)24-23(27)16-11-18(29-4)13-19(12-16)30-5/h6-9,11-14H,10H2,1-5H3,(H,24,27)(H,25,26). The van der Waals surface area contributed by atoms with Gasteiger partial charge in [0.05, 0.1) is 32.7 Å². The van der Waals surface area contributed by atoms with E-state index in [1.807, 2.05) is 24.3 Å². The van der Waals surface area contributed by atoms with Gasteiger partial charge in [0, 0.05) is 17.2 Å². The van der Waals surface area contributed by atoms with Crippen LogP contribution >= 0.6 is 0 Å². The largest absolute Gasteiger partial charge is 0.497 e. The highest BCUT2D eigenvalue weighted by Gasteiger charge is 2.20. The maximum absolute atomic E-state index is 13.1. The Bertz CT molecular complexity index is 988. The summed E-state index contributed by atoms with van der Waals surface area (Å²) in [6.45, 7) is 4.23. The van der Waals surface area contributed by atoms with Gasteiger partial charge in [-0.2, -0.15) is 5.10 Å². The molecule has 2 aromatic carbocycles. The van der Waals surface area contributed by atoms with Crippen LogP contribution in [0.5, 0.6) is 17.2 Å². The maximum Gasteiger partial charge on any atom is 0.256 e. The number of carbonyl (C=O) groups excluding carboxylic acids is 1. The molecule has 2 N–H and O–H groups in total. The van der Waals surface area contributed by atoms with E-state index in [-0.39, 0.29) is 5.91 Å². The Labute approximate surface area is 176 Å². The van der Waals surface area contributed by atoms with Gasteiger partial charge in [-0.15, -0.1) is 0 Å². The second kappa shape index (κ2) is 9.35. The number of amides is 1. The van der Waals surface area contributed by atoms with Crippen LogP contribution in [0.3, 0.4) is 0 Å². The predicted octanol–water partition coefficient (Wildman–Crippen LogP) is 4.55. The Morgan fingerprint density at radius 1 is 0.967 bits per heavy atom. The Morgan fingerprint density at radius 3 is 2.10 bits per heavy atom. The number of carbonyl (C=O) groups is 1. The van der Waals surface area contributed by atoms with Crippen molar-refractivity contribution in [2.75, 3.05) is 26.6 Å². The molecule has 0 radical (unpaired) electrons. The molecule has 0 unspecified atom stereocenters. The second-order valence-corrected chi connectivity index (χ2v) is 7.31. The third-order valence-corrected chi connectivity index (χ3v) is 4.67. The van der Waals surface area contributed by atoms with Crippen molar-refractivity contribution in [2.24, 2.45) is 5.92 Å². The van der Waals surface area contributed by atoms with Crippen LogP contribution in [0.1, 0.15) is 29.9 Å². The summed E-state index contributed by atoms with van der Waals surface area (Å²) in [6.07, 6.45) is 0.750. The quantitative estimate of drug-likeness (QED) is 0.570. The first-order valence-electron chi connectivity index (χ1n) is 9.71. The van der Waals surface area contributed by atoms with Gasteiger partial charge in [-0.1, -0.05) is 13.8 Å². The predicted molar refractivity (Wildman–Crippen MR) is 117 cm³/mol. The average molecular weight is 409 g/mol. The van der Waals surface area contributed by atoms with Gasteiger partial charge >= 0.3 is 0 Å². The summed E-state index contributed by atoms with van der Waals surface area (Å²) in [5, 5.41) is 10.6. The molecule has 1 aromatic heterocycles. The number of nitrogens with zero attached hydrogens (tertiary/aromatic N) is 1. The van der Waals surface area contributed by atoms with Gasteiger partial charge in [-0.25, -0.2) is 0 Å². The van der Waals surface area contributed by atoms with Crippen LogP contribution in [0.15, 0.2) is 42.5 Å². The van der Waals surface area contributed by atoms with Crippen LogP contribution in [0.2, 0.25) is 0 Å². The highest BCUT2D eigenvalue weighted by atomic mass is 16.5. The summed E-state index contributed by atoms with van der Waals surface area (Å²) >= 11 is 0. The lowest BCUT2D eigenvalue weighted by Gasteiger charge is -2.12. The molecule has 0 spiro atoms. The minimum absolute atomic E-state index is 0.270. The number of H-pyrrole nitrogens is 1. The first-order chi connectivity index (χ1) is 14.4. The van der Waals surface area contributed by atoms with E-state index < -0.39 is 0 Å². The summed E-state index contributed by atoms with van der Waals surface area (Å²) in [5.41, 5.74) is 3.53. The van der Waals surface area contributed by atoms with Crippen molar-refractivity contribution in [3.05, 3.63) is 53.7 Å². The van der Waals surface area contributed by atoms with Gasteiger partial charge in [0.15, 0.2) is 0 Å². The van der Waals surface area contributed by atoms with E-state index in [0.717, 1.165) is 23.4 Å². The number of rotatable bonds is 8. The van der Waals surface area contributed by atoms with E-state index in [2.05, 4.69) is 29.4 Å². The Hall–Kier alpha value is -3.48. The molecule has 0 fully saturated rings. The molecular weight excluding hydrogens is 382 g/mol. The molecule has 3 rings (SSSR count). The molecule has 30 heavy (non-hydrogen) atoms. The lowest BCUT2D eigenvalue weighted by Crippen LogP contribution is -2.14. The monoisotopic (exact) mass is 409 g/mol. The summed E-state index contributed by atoms with van der Waals surface area (Å²) in [7, 11) is 4.72. The Kier molecular flexibility index (Phi) is 6.61. The highest BCUT2D eigenvalue weighted by molar-refractivity contribution is 6.07. The fourth-order valence-electron chi connectivity index (χ4n) is 3.15. The summed E-state index contributed by atoms with van der Waals surface area (Å²) in [4.78, 5) is 13.1. The zero-order valence-electron chi connectivity index (χ0n) is 17.9. The van der Waals surface area contributed by atoms with Crippen LogP contribution in [0.4, 0.5) is 5.69 Å². The molecule has 3 aromatic rings. The maximum atomic E-state index is 13.1. The molecule has 158 valence electrons. The fraction of sp³-hybridized carbons (Fsp3) is 0.304. The van der Waals surface area contributed by atoms with Crippen molar-refractivity contribution in [3.63, 3.8) is 0 Å². The number of ether oxygens (including phenoxy) is 3. The smallest absolute Gasteiger partial charge is 0.256 e. The molecule has 0 saturated carbocycles. The summed E-state index contributed by atoms with van der Waals surface area (Å²) in [5.74, 6) is 1.97. The molecule has 0 aliphatic heterocycles. The minimum Gasteiger partial charge on any atom is -0.497 e. The van der Waals surface area contributed by atoms with Gasteiger partial charge in [0.25, 0.3) is 5.91 Å². The molecule has 0 saturated heterocycles. The van der Waals surface area contributed by atoms with Crippen molar-refractivity contribution in [1.82, 2.24) is 10.2 Å². The van der Waals surface area contributed by atoms with Gasteiger partial charge < -0.3 is 19.5 Å². The number of hydrogen-bond acceptors (Lipinski definition) is 5. The molecule has 0 bridgehead atoms. The number of benzene rings is 2. The molecule has 1 amide bonds. The number of hydrogen-bond donors (Lipinski definition) is 2. The highest BCUT2D eigenvalue weighted by Crippen LogP contribution is 2.32. The van der Waals surface area contributed by atoms with Crippen LogP contribution in [0.25, 0.3) is 11.3 Å². The van der Waals surface area contributed by atoms with Crippen LogP contribution < -0.4 is 19.5 Å². The molecule has 7 nitrogen and oxygen atoms in total. The third kappa shape index (κ3) is 4.74. The number of aromatic amines is 1. The van der Waals surface area contributed by atoms with Gasteiger partial charge in [-0.05, 0) is 48.7 Å². The average Bonchev–Trinajstić information content (AvgIpc) is 3.14. The summed E-state index contributed by atoms with van der Waals surface area (Å²) in [6, 6.07) is 12.6. The Balaban J connectivity index is 1.98. The van der Waals surface area contributed by atoms with Crippen molar-refractivity contribution >= 4 is 11.6 Å². The number of aromatic nitrogens is 2. The summed E-state index contributed by atoms with van der Waals surface area (Å²) < 4.78 is 15.8. The van der Waals surface area contributed by atoms with Gasteiger partial charge in [0.1, 0.15) is 22.9 Å². The van der Waals surface area contributed by atoms with Crippen LogP contribution in [-0.4, -0.2) is 37.4 Å².